The zero-order valence-corrected chi connectivity index (χ0v) is 9.21. The minimum absolute atomic E-state index is 0.334. The summed E-state index contributed by atoms with van der Waals surface area (Å²) >= 11 is 0. The van der Waals surface area contributed by atoms with E-state index in [0.717, 1.165) is 6.54 Å². The van der Waals surface area contributed by atoms with Crippen molar-refractivity contribution in [3.05, 3.63) is 12.7 Å². The van der Waals surface area contributed by atoms with Crippen LogP contribution in [0.1, 0.15) is 20.8 Å². The van der Waals surface area contributed by atoms with Crippen LogP contribution >= 0.6 is 0 Å². The van der Waals surface area contributed by atoms with Crippen LogP contribution in [0.3, 0.4) is 0 Å². The second-order valence-electron chi connectivity index (χ2n) is 4.75. The van der Waals surface area contributed by atoms with Gasteiger partial charge < -0.3 is 0 Å². The molecule has 2 nitrogen and oxygen atoms in total. The van der Waals surface area contributed by atoms with Gasteiger partial charge in [0.1, 0.15) is 0 Å². The summed E-state index contributed by atoms with van der Waals surface area (Å²) in [6.45, 7) is 16.4. The Labute approximate surface area is 82.2 Å². The van der Waals surface area contributed by atoms with Crippen LogP contribution in [-0.4, -0.2) is 48.1 Å². The summed E-state index contributed by atoms with van der Waals surface area (Å²) in [6, 6.07) is 0. The van der Waals surface area contributed by atoms with E-state index in [2.05, 4.69) is 37.1 Å². The Balaban J connectivity index is 2.34. The molecule has 0 aromatic rings. The summed E-state index contributed by atoms with van der Waals surface area (Å²) in [7, 11) is 0. The molecule has 76 valence electrons. The second-order valence-corrected chi connectivity index (χ2v) is 4.75. The molecule has 1 heterocycles. The van der Waals surface area contributed by atoms with Gasteiger partial charge in [0.05, 0.1) is 0 Å². The highest BCUT2D eigenvalue weighted by Crippen LogP contribution is 2.15. The predicted molar refractivity (Wildman–Crippen MR) is 58.0 cm³/mol. The average molecular weight is 182 g/mol. The molecule has 0 amide bonds. The van der Waals surface area contributed by atoms with Gasteiger partial charge in [-0.15, -0.1) is 6.58 Å². The van der Waals surface area contributed by atoms with Gasteiger partial charge in [-0.2, -0.15) is 0 Å². The molecule has 0 N–H and O–H groups in total. The summed E-state index contributed by atoms with van der Waals surface area (Å²) < 4.78 is 0. The van der Waals surface area contributed by atoms with E-state index in [1.807, 2.05) is 6.08 Å². The fourth-order valence-corrected chi connectivity index (χ4v) is 1.78. The standard InChI is InChI=1S/C11H22N2/c1-5-6-12-7-9-13(10-8-12)11(2,3)4/h5H,1,6-10H2,2-4H3. The van der Waals surface area contributed by atoms with Crippen LogP contribution in [0.15, 0.2) is 12.7 Å². The number of hydrogen-bond donors (Lipinski definition) is 0. The molecule has 0 bridgehead atoms. The van der Waals surface area contributed by atoms with Gasteiger partial charge in [0.2, 0.25) is 0 Å². The molecular weight excluding hydrogens is 160 g/mol. The normalized spacial score (nSPS) is 21.8. The molecule has 1 aliphatic rings. The van der Waals surface area contributed by atoms with Crippen molar-refractivity contribution in [2.45, 2.75) is 26.3 Å². The van der Waals surface area contributed by atoms with E-state index < -0.39 is 0 Å². The van der Waals surface area contributed by atoms with Crippen LogP contribution < -0.4 is 0 Å². The molecular formula is C11H22N2. The highest BCUT2D eigenvalue weighted by molar-refractivity contribution is 4.84. The van der Waals surface area contributed by atoms with Crippen LogP contribution in [0.2, 0.25) is 0 Å². The van der Waals surface area contributed by atoms with E-state index in [-0.39, 0.29) is 0 Å². The van der Waals surface area contributed by atoms with Crippen molar-refractivity contribution >= 4 is 0 Å². The van der Waals surface area contributed by atoms with Gasteiger partial charge in [0, 0.05) is 38.3 Å². The highest BCUT2D eigenvalue weighted by Gasteiger charge is 2.24. The Morgan fingerprint density at radius 2 is 1.69 bits per heavy atom. The van der Waals surface area contributed by atoms with Crippen LogP contribution in [0.25, 0.3) is 0 Å². The molecule has 0 spiro atoms. The first-order valence-corrected chi connectivity index (χ1v) is 5.12. The minimum atomic E-state index is 0.334. The Bertz CT molecular complexity index is 161. The zero-order valence-electron chi connectivity index (χ0n) is 9.21. The third-order valence-corrected chi connectivity index (χ3v) is 2.71. The molecule has 2 heteroatoms. The first-order valence-electron chi connectivity index (χ1n) is 5.12. The first kappa shape index (κ1) is 10.7. The Kier molecular flexibility index (Phi) is 3.51. The molecule has 0 aromatic heterocycles. The van der Waals surface area contributed by atoms with Crippen molar-refractivity contribution in [1.29, 1.82) is 0 Å². The molecule has 0 unspecified atom stereocenters. The molecule has 0 aliphatic carbocycles. The lowest BCUT2D eigenvalue weighted by molar-refractivity contribution is 0.0675. The quantitative estimate of drug-likeness (QED) is 0.598. The summed E-state index contributed by atoms with van der Waals surface area (Å²) in [6.07, 6.45) is 1.99. The van der Waals surface area contributed by atoms with E-state index in [0.29, 0.717) is 5.54 Å². The fourth-order valence-electron chi connectivity index (χ4n) is 1.78. The molecule has 0 saturated carbocycles. The Morgan fingerprint density at radius 3 is 2.08 bits per heavy atom. The summed E-state index contributed by atoms with van der Waals surface area (Å²) in [5.41, 5.74) is 0.334. The van der Waals surface area contributed by atoms with Crippen molar-refractivity contribution in [1.82, 2.24) is 9.80 Å². The predicted octanol–water partition coefficient (Wildman–Crippen LogP) is 1.59. The van der Waals surface area contributed by atoms with E-state index >= 15 is 0 Å². The molecule has 1 fully saturated rings. The Hall–Kier alpha value is -0.340. The molecule has 0 radical (unpaired) electrons. The van der Waals surface area contributed by atoms with E-state index in [1.54, 1.807) is 0 Å². The number of piperazine rings is 1. The molecule has 1 saturated heterocycles. The highest BCUT2D eigenvalue weighted by atomic mass is 15.3. The van der Waals surface area contributed by atoms with Gasteiger partial charge in [-0.1, -0.05) is 6.08 Å². The van der Waals surface area contributed by atoms with Gasteiger partial charge in [0.15, 0.2) is 0 Å². The molecule has 13 heavy (non-hydrogen) atoms. The first-order chi connectivity index (χ1) is 6.04. The summed E-state index contributed by atoms with van der Waals surface area (Å²) in [5, 5.41) is 0. The second kappa shape index (κ2) is 4.25. The van der Waals surface area contributed by atoms with Crippen molar-refractivity contribution in [3.8, 4) is 0 Å². The van der Waals surface area contributed by atoms with Gasteiger partial charge >= 0.3 is 0 Å². The zero-order chi connectivity index (χ0) is 9.90. The Morgan fingerprint density at radius 1 is 1.15 bits per heavy atom. The third kappa shape index (κ3) is 3.12. The van der Waals surface area contributed by atoms with Gasteiger partial charge in [-0.05, 0) is 20.8 Å². The SMILES string of the molecule is C=CCN1CCN(C(C)(C)C)CC1. The molecule has 0 aromatic carbocycles. The molecule has 1 rings (SSSR count). The van der Waals surface area contributed by atoms with Gasteiger partial charge in [-0.3, -0.25) is 9.80 Å². The van der Waals surface area contributed by atoms with Crippen molar-refractivity contribution in [2.24, 2.45) is 0 Å². The van der Waals surface area contributed by atoms with Crippen LogP contribution in [-0.2, 0) is 0 Å². The van der Waals surface area contributed by atoms with Gasteiger partial charge in [-0.25, -0.2) is 0 Å². The smallest absolute Gasteiger partial charge is 0.0161 e. The van der Waals surface area contributed by atoms with Crippen LogP contribution in [0.4, 0.5) is 0 Å². The fraction of sp³-hybridized carbons (Fsp3) is 0.818. The number of hydrogen-bond acceptors (Lipinski definition) is 2. The lowest BCUT2D eigenvalue weighted by atomic mass is 10.1. The lowest BCUT2D eigenvalue weighted by Crippen LogP contribution is -2.53. The number of rotatable bonds is 2. The maximum atomic E-state index is 3.77. The number of nitrogens with zero attached hydrogens (tertiary/aromatic N) is 2. The largest absolute Gasteiger partial charge is 0.297 e. The van der Waals surface area contributed by atoms with E-state index in [4.69, 9.17) is 0 Å². The lowest BCUT2D eigenvalue weighted by Gasteiger charge is -2.42. The van der Waals surface area contributed by atoms with Crippen LogP contribution in [0, 0.1) is 0 Å². The van der Waals surface area contributed by atoms with Crippen molar-refractivity contribution < 1.29 is 0 Å². The molecule has 1 aliphatic heterocycles. The monoisotopic (exact) mass is 182 g/mol. The van der Waals surface area contributed by atoms with E-state index in [1.165, 1.54) is 26.2 Å². The minimum Gasteiger partial charge on any atom is -0.297 e. The van der Waals surface area contributed by atoms with E-state index in [9.17, 15) is 0 Å². The van der Waals surface area contributed by atoms with Crippen molar-refractivity contribution in [2.75, 3.05) is 32.7 Å². The summed E-state index contributed by atoms with van der Waals surface area (Å²) in [4.78, 5) is 5.00. The molecule has 0 atom stereocenters. The maximum Gasteiger partial charge on any atom is 0.0161 e. The average Bonchev–Trinajstić information content (AvgIpc) is 2.04. The van der Waals surface area contributed by atoms with Crippen molar-refractivity contribution in [3.63, 3.8) is 0 Å². The topological polar surface area (TPSA) is 6.48 Å². The van der Waals surface area contributed by atoms with Gasteiger partial charge in [0.25, 0.3) is 0 Å². The summed E-state index contributed by atoms with van der Waals surface area (Å²) in [5.74, 6) is 0. The third-order valence-electron chi connectivity index (χ3n) is 2.71. The maximum absolute atomic E-state index is 3.77. The van der Waals surface area contributed by atoms with Crippen LogP contribution in [0.5, 0.6) is 0 Å².